The van der Waals surface area contributed by atoms with E-state index in [1.165, 1.54) is 4.90 Å². The molecule has 15 heavy (non-hydrogen) atoms. The highest BCUT2D eigenvalue weighted by atomic mass is 16.3. The molecule has 4 nitrogen and oxygen atoms in total. The number of anilines is 1. The first-order valence-electron chi connectivity index (χ1n) is 4.95. The molecular weight excluding hydrogens is 192 g/mol. The molecule has 4 heteroatoms. The van der Waals surface area contributed by atoms with E-state index in [1.807, 2.05) is 37.3 Å². The summed E-state index contributed by atoms with van der Waals surface area (Å²) in [5.74, 6) is -0.355. The third-order valence-corrected chi connectivity index (χ3v) is 2.16. The van der Waals surface area contributed by atoms with Gasteiger partial charge < -0.3 is 15.7 Å². The predicted molar refractivity (Wildman–Crippen MR) is 59.5 cm³/mol. The molecule has 3 N–H and O–H groups in total. The second-order valence-corrected chi connectivity index (χ2v) is 3.17. The van der Waals surface area contributed by atoms with E-state index in [4.69, 9.17) is 5.73 Å². The molecule has 0 heterocycles. The van der Waals surface area contributed by atoms with Crippen molar-refractivity contribution < 1.29 is 9.90 Å². The van der Waals surface area contributed by atoms with E-state index in [0.29, 0.717) is 6.54 Å². The molecule has 0 aliphatic carbocycles. The Bertz CT molecular complexity index is 314. The van der Waals surface area contributed by atoms with Gasteiger partial charge in [0.1, 0.15) is 6.10 Å². The molecule has 0 fully saturated rings. The van der Waals surface area contributed by atoms with Gasteiger partial charge in [-0.25, -0.2) is 0 Å². The van der Waals surface area contributed by atoms with Crippen molar-refractivity contribution in [2.45, 2.75) is 13.0 Å². The summed E-state index contributed by atoms with van der Waals surface area (Å²) in [6, 6.07) is 9.22. The molecule has 1 amide bonds. The molecule has 0 saturated heterocycles. The van der Waals surface area contributed by atoms with Crippen molar-refractivity contribution in [3.63, 3.8) is 0 Å². The monoisotopic (exact) mass is 208 g/mol. The SMILES string of the molecule is CCN(C(=O)C(O)CN)c1ccccc1. The fourth-order valence-corrected chi connectivity index (χ4v) is 1.35. The maximum Gasteiger partial charge on any atom is 0.257 e. The van der Waals surface area contributed by atoms with Crippen LogP contribution in [-0.2, 0) is 4.79 Å². The lowest BCUT2D eigenvalue weighted by molar-refractivity contribution is -0.126. The predicted octanol–water partition coefficient (Wildman–Crippen LogP) is 0.359. The van der Waals surface area contributed by atoms with Gasteiger partial charge in [-0.1, -0.05) is 18.2 Å². The number of nitrogens with zero attached hydrogens (tertiary/aromatic N) is 1. The van der Waals surface area contributed by atoms with Crippen LogP contribution < -0.4 is 10.6 Å². The smallest absolute Gasteiger partial charge is 0.257 e. The number of hydrogen-bond acceptors (Lipinski definition) is 3. The molecule has 0 spiro atoms. The number of hydrogen-bond donors (Lipinski definition) is 2. The number of para-hydroxylation sites is 1. The molecule has 0 saturated carbocycles. The number of aliphatic hydroxyl groups excluding tert-OH is 1. The Kier molecular flexibility index (Phi) is 4.27. The topological polar surface area (TPSA) is 66.6 Å². The van der Waals surface area contributed by atoms with Crippen LogP contribution in [0, 0.1) is 0 Å². The number of benzene rings is 1. The van der Waals surface area contributed by atoms with E-state index in [0.717, 1.165) is 5.69 Å². The molecule has 1 unspecified atom stereocenters. The van der Waals surface area contributed by atoms with Gasteiger partial charge in [0.05, 0.1) is 0 Å². The quantitative estimate of drug-likeness (QED) is 0.750. The molecule has 82 valence electrons. The Morgan fingerprint density at radius 1 is 1.47 bits per heavy atom. The fourth-order valence-electron chi connectivity index (χ4n) is 1.35. The van der Waals surface area contributed by atoms with Crippen LogP contribution >= 0.6 is 0 Å². The Morgan fingerprint density at radius 2 is 2.07 bits per heavy atom. The van der Waals surface area contributed by atoms with Crippen LogP contribution in [0.4, 0.5) is 5.69 Å². The van der Waals surface area contributed by atoms with E-state index in [2.05, 4.69) is 0 Å². The molecule has 1 aromatic rings. The molecule has 0 bridgehead atoms. The van der Waals surface area contributed by atoms with Crippen molar-refractivity contribution in [3.05, 3.63) is 30.3 Å². The summed E-state index contributed by atoms with van der Waals surface area (Å²) < 4.78 is 0. The van der Waals surface area contributed by atoms with E-state index in [1.54, 1.807) is 0 Å². The van der Waals surface area contributed by atoms with Crippen molar-refractivity contribution >= 4 is 11.6 Å². The van der Waals surface area contributed by atoms with Crippen molar-refractivity contribution in [2.24, 2.45) is 5.73 Å². The van der Waals surface area contributed by atoms with Crippen LogP contribution in [0.1, 0.15) is 6.92 Å². The minimum absolute atomic E-state index is 0.0534. The lowest BCUT2D eigenvalue weighted by atomic mass is 10.2. The average molecular weight is 208 g/mol. The molecular formula is C11H16N2O2. The van der Waals surface area contributed by atoms with Gasteiger partial charge in [-0.2, -0.15) is 0 Å². The third kappa shape index (κ3) is 2.78. The Balaban J connectivity index is 2.85. The second-order valence-electron chi connectivity index (χ2n) is 3.17. The van der Waals surface area contributed by atoms with E-state index in [-0.39, 0.29) is 12.5 Å². The Morgan fingerprint density at radius 3 is 2.53 bits per heavy atom. The first kappa shape index (κ1) is 11.7. The fraction of sp³-hybridized carbons (Fsp3) is 0.364. The van der Waals surface area contributed by atoms with Crippen molar-refractivity contribution in [3.8, 4) is 0 Å². The van der Waals surface area contributed by atoms with Crippen molar-refractivity contribution in [2.75, 3.05) is 18.0 Å². The standard InChI is InChI=1S/C11H16N2O2/c1-2-13(11(15)10(14)8-12)9-6-4-3-5-7-9/h3-7,10,14H,2,8,12H2,1H3. The summed E-state index contributed by atoms with van der Waals surface area (Å²) in [6.45, 7) is 2.32. The number of carbonyl (C=O) groups excluding carboxylic acids is 1. The van der Waals surface area contributed by atoms with Crippen molar-refractivity contribution in [1.29, 1.82) is 0 Å². The molecule has 0 radical (unpaired) electrons. The molecule has 1 aromatic carbocycles. The first-order valence-corrected chi connectivity index (χ1v) is 4.95. The van der Waals surface area contributed by atoms with Crippen LogP contribution in [0.15, 0.2) is 30.3 Å². The second kappa shape index (κ2) is 5.48. The van der Waals surface area contributed by atoms with E-state index < -0.39 is 6.10 Å². The van der Waals surface area contributed by atoms with Crippen molar-refractivity contribution in [1.82, 2.24) is 0 Å². The van der Waals surface area contributed by atoms with Crippen LogP contribution in [0.5, 0.6) is 0 Å². The number of rotatable bonds is 4. The highest BCUT2D eigenvalue weighted by molar-refractivity contribution is 5.96. The zero-order chi connectivity index (χ0) is 11.3. The average Bonchev–Trinajstić information content (AvgIpc) is 2.30. The van der Waals surface area contributed by atoms with Gasteiger partial charge in [0, 0.05) is 18.8 Å². The highest BCUT2D eigenvalue weighted by Gasteiger charge is 2.20. The summed E-state index contributed by atoms with van der Waals surface area (Å²) in [7, 11) is 0. The van der Waals surface area contributed by atoms with Gasteiger partial charge in [0.15, 0.2) is 0 Å². The minimum atomic E-state index is -1.12. The molecule has 1 rings (SSSR count). The summed E-state index contributed by atoms with van der Waals surface area (Å²) in [6.07, 6.45) is -1.12. The molecule has 0 aromatic heterocycles. The zero-order valence-corrected chi connectivity index (χ0v) is 8.76. The highest BCUT2D eigenvalue weighted by Crippen LogP contribution is 2.13. The lowest BCUT2D eigenvalue weighted by Crippen LogP contribution is -2.42. The maximum atomic E-state index is 11.7. The number of amides is 1. The van der Waals surface area contributed by atoms with Gasteiger partial charge in [0.2, 0.25) is 0 Å². The van der Waals surface area contributed by atoms with E-state index >= 15 is 0 Å². The number of aliphatic hydroxyl groups is 1. The summed E-state index contributed by atoms with van der Waals surface area (Å²) >= 11 is 0. The van der Waals surface area contributed by atoms with Crippen LogP contribution in [-0.4, -0.2) is 30.2 Å². The molecule has 1 atom stereocenters. The number of likely N-dealkylation sites (N-methyl/N-ethyl adjacent to an activating group) is 1. The van der Waals surface area contributed by atoms with Crippen LogP contribution in [0.25, 0.3) is 0 Å². The summed E-state index contributed by atoms with van der Waals surface area (Å²) in [5, 5.41) is 9.37. The normalized spacial score (nSPS) is 12.2. The van der Waals surface area contributed by atoms with Gasteiger partial charge >= 0.3 is 0 Å². The summed E-state index contributed by atoms with van der Waals surface area (Å²) in [4.78, 5) is 13.2. The van der Waals surface area contributed by atoms with Gasteiger partial charge in [-0.15, -0.1) is 0 Å². The first-order chi connectivity index (χ1) is 7.20. The Labute approximate surface area is 89.3 Å². The van der Waals surface area contributed by atoms with Gasteiger partial charge in [-0.3, -0.25) is 4.79 Å². The number of carbonyl (C=O) groups is 1. The minimum Gasteiger partial charge on any atom is -0.382 e. The molecule has 0 aliphatic heterocycles. The lowest BCUT2D eigenvalue weighted by Gasteiger charge is -2.23. The maximum absolute atomic E-state index is 11.7. The largest absolute Gasteiger partial charge is 0.382 e. The third-order valence-electron chi connectivity index (χ3n) is 2.16. The van der Waals surface area contributed by atoms with Gasteiger partial charge in [-0.05, 0) is 19.1 Å². The zero-order valence-electron chi connectivity index (χ0n) is 8.76. The Hall–Kier alpha value is -1.39. The van der Waals surface area contributed by atoms with Gasteiger partial charge in [0.25, 0.3) is 5.91 Å². The van der Waals surface area contributed by atoms with E-state index in [9.17, 15) is 9.90 Å². The molecule has 0 aliphatic rings. The van der Waals surface area contributed by atoms with Crippen LogP contribution in [0.3, 0.4) is 0 Å². The summed E-state index contributed by atoms with van der Waals surface area (Å²) in [5.41, 5.74) is 6.02. The number of nitrogens with two attached hydrogens (primary N) is 1. The van der Waals surface area contributed by atoms with Crippen LogP contribution in [0.2, 0.25) is 0 Å².